The van der Waals surface area contributed by atoms with Crippen LogP contribution < -0.4 is 5.32 Å². The summed E-state index contributed by atoms with van der Waals surface area (Å²) in [5.74, 6) is 0.240. The minimum atomic E-state index is -0.638. The van der Waals surface area contributed by atoms with E-state index in [0.717, 1.165) is 38.8 Å². The third-order valence-corrected chi connectivity index (χ3v) is 6.39. The molecule has 2 fully saturated rings. The molecule has 1 saturated heterocycles. The first kappa shape index (κ1) is 21.0. The van der Waals surface area contributed by atoms with E-state index in [-0.39, 0.29) is 24.0 Å². The van der Waals surface area contributed by atoms with Crippen LogP contribution in [-0.4, -0.2) is 47.3 Å². The number of ether oxygens (including phenoxy) is 1. The second kappa shape index (κ2) is 10.2. The van der Waals surface area contributed by atoms with Crippen LogP contribution in [0.1, 0.15) is 36.8 Å². The number of aliphatic hydroxyl groups is 1. The molecule has 0 radical (unpaired) electrons. The average molecular weight is 409 g/mol. The molecule has 0 bridgehead atoms. The first-order valence-electron chi connectivity index (χ1n) is 11.1. The summed E-state index contributed by atoms with van der Waals surface area (Å²) in [6.45, 7) is 2.31. The van der Waals surface area contributed by atoms with Gasteiger partial charge in [0.25, 0.3) is 0 Å². The summed E-state index contributed by atoms with van der Waals surface area (Å²) in [6, 6.07) is 20.5. The number of aliphatic hydroxyl groups excluding tert-OH is 1. The molecule has 0 aromatic heterocycles. The van der Waals surface area contributed by atoms with E-state index in [9.17, 15) is 9.90 Å². The van der Waals surface area contributed by atoms with Gasteiger partial charge in [-0.05, 0) is 24.0 Å². The van der Waals surface area contributed by atoms with Crippen LogP contribution in [-0.2, 0) is 22.6 Å². The van der Waals surface area contributed by atoms with Gasteiger partial charge in [0.2, 0.25) is 5.91 Å². The molecule has 2 N–H and O–H groups in total. The number of nitrogens with zero attached hydrogens (tertiary/aromatic N) is 1. The second-order valence-electron chi connectivity index (χ2n) is 8.53. The highest BCUT2D eigenvalue weighted by molar-refractivity contribution is 5.78. The van der Waals surface area contributed by atoms with Crippen LogP contribution in [0.15, 0.2) is 60.7 Å². The number of hydrogen-bond acceptors (Lipinski definition) is 4. The maximum atomic E-state index is 12.3. The average Bonchev–Trinajstić information content (AvgIpc) is 3.43. The van der Waals surface area contributed by atoms with Crippen molar-refractivity contribution in [2.45, 2.75) is 57.0 Å². The van der Waals surface area contributed by atoms with Crippen LogP contribution in [0.3, 0.4) is 0 Å². The molecule has 1 heterocycles. The summed E-state index contributed by atoms with van der Waals surface area (Å²) in [6.07, 6.45) is 3.22. The van der Waals surface area contributed by atoms with Crippen LogP contribution in [0, 0.1) is 5.92 Å². The first-order valence-corrected chi connectivity index (χ1v) is 11.1. The van der Waals surface area contributed by atoms with Crippen molar-refractivity contribution >= 4 is 5.91 Å². The van der Waals surface area contributed by atoms with Crippen molar-refractivity contribution in [3.8, 4) is 0 Å². The van der Waals surface area contributed by atoms with Crippen LogP contribution >= 0.6 is 0 Å². The summed E-state index contributed by atoms with van der Waals surface area (Å²) in [5.41, 5.74) is 2.41. The van der Waals surface area contributed by atoms with E-state index in [4.69, 9.17) is 4.74 Å². The maximum Gasteiger partial charge on any atom is 0.223 e. The highest BCUT2D eigenvalue weighted by Crippen LogP contribution is 2.26. The third kappa shape index (κ3) is 5.28. The Balaban J connectivity index is 1.40. The molecule has 30 heavy (non-hydrogen) atoms. The van der Waals surface area contributed by atoms with Gasteiger partial charge in [-0.15, -0.1) is 0 Å². The molecule has 1 aliphatic heterocycles. The number of carbonyl (C=O) groups excluding carboxylic acids is 1. The summed E-state index contributed by atoms with van der Waals surface area (Å²) in [5, 5.41) is 14.0. The monoisotopic (exact) mass is 408 g/mol. The number of rotatable bonds is 8. The Hall–Kier alpha value is -2.21. The summed E-state index contributed by atoms with van der Waals surface area (Å²) >= 11 is 0. The molecule has 5 nitrogen and oxygen atoms in total. The smallest absolute Gasteiger partial charge is 0.223 e. The predicted octanol–water partition coefficient (Wildman–Crippen LogP) is 3.12. The molecular weight excluding hydrogens is 376 g/mol. The number of benzene rings is 2. The van der Waals surface area contributed by atoms with Crippen LogP contribution in [0.4, 0.5) is 0 Å². The van der Waals surface area contributed by atoms with Gasteiger partial charge in [0.1, 0.15) is 6.10 Å². The van der Waals surface area contributed by atoms with E-state index in [0.29, 0.717) is 13.2 Å². The summed E-state index contributed by atoms with van der Waals surface area (Å²) in [7, 11) is 0. The Morgan fingerprint density at radius 3 is 2.10 bits per heavy atom. The van der Waals surface area contributed by atoms with Crippen LogP contribution in [0.2, 0.25) is 0 Å². The van der Waals surface area contributed by atoms with E-state index < -0.39 is 6.10 Å². The minimum Gasteiger partial charge on any atom is -0.389 e. The lowest BCUT2D eigenvalue weighted by molar-refractivity contribution is -0.125. The van der Waals surface area contributed by atoms with Crippen molar-refractivity contribution in [2.75, 3.05) is 13.2 Å². The molecule has 2 aromatic rings. The van der Waals surface area contributed by atoms with Gasteiger partial charge in [0, 0.05) is 25.6 Å². The Morgan fingerprint density at radius 1 is 0.967 bits per heavy atom. The first-order chi connectivity index (χ1) is 14.7. The largest absolute Gasteiger partial charge is 0.389 e. The number of amides is 1. The third-order valence-electron chi connectivity index (χ3n) is 6.39. The van der Waals surface area contributed by atoms with Gasteiger partial charge in [-0.3, -0.25) is 9.69 Å². The fourth-order valence-electron chi connectivity index (χ4n) is 4.63. The molecule has 3 atom stereocenters. The van der Waals surface area contributed by atoms with Crippen molar-refractivity contribution in [1.29, 1.82) is 0 Å². The lowest BCUT2D eigenvalue weighted by Crippen LogP contribution is -2.47. The van der Waals surface area contributed by atoms with Gasteiger partial charge in [0.05, 0.1) is 18.8 Å². The van der Waals surface area contributed by atoms with Gasteiger partial charge < -0.3 is 15.2 Å². The van der Waals surface area contributed by atoms with E-state index in [1.165, 1.54) is 11.1 Å². The zero-order chi connectivity index (χ0) is 20.8. The van der Waals surface area contributed by atoms with Gasteiger partial charge in [-0.1, -0.05) is 73.5 Å². The Morgan fingerprint density at radius 2 is 1.53 bits per heavy atom. The van der Waals surface area contributed by atoms with Crippen molar-refractivity contribution in [1.82, 2.24) is 10.2 Å². The minimum absolute atomic E-state index is 0.108. The molecule has 1 aliphatic carbocycles. The molecule has 0 spiro atoms. The fraction of sp³-hybridized carbons (Fsp3) is 0.480. The number of carbonyl (C=O) groups is 1. The second-order valence-corrected chi connectivity index (χ2v) is 8.53. The predicted molar refractivity (Wildman–Crippen MR) is 117 cm³/mol. The van der Waals surface area contributed by atoms with Crippen molar-refractivity contribution in [3.63, 3.8) is 0 Å². The van der Waals surface area contributed by atoms with Gasteiger partial charge >= 0.3 is 0 Å². The molecule has 0 unspecified atom stereocenters. The van der Waals surface area contributed by atoms with E-state index in [2.05, 4.69) is 34.5 Å². The van der Waals surface area contributed by atoms with Crippen molar-refractivity contribution in [3.05, 3.63) is 71.8 Å². The Labute approximate surface area is 179 Å². The summed E-state index contributed by atoms with van der Waals surface area (Å²) < 4.78 is 5.94. The van der Waals surface area contributed by atoms with E-state index >= 15 is 0 Å². The molecular formula is C25H32N2O3. The molecule has 4 rings (SSSR count). The van der Waals surface area contributed by atoms with E-state index in [1.807, 2.05) is 36.4 Å². The normalized spacial score (nSPS) is 24.4. The standard InChI is InChI=1S/C25H32N2O3/c28-24-22(18-30-23(24)15-26-25(29)21-13-7-8-14-21)27(16-19-9-3-1-4-10-19)17-20-11-5-2-6-12-20/h1-6,9-12,21-24,28H,7-8,13-18H2,(H,26,29)/t22-,23-,24+/m1/s1. The fourth-order valence-corrected chi connectivity index (χ4v) is 4.63. The van der Waals surface area contributed by atoms with E-state index in [1.54, 1.807) is 0 Å². The molecule has 5 heteroatoms. The highest BCUT2D eigenvalue weighted by Gasteiger charge is 2.39. The van der Waals surface area contributed by atoms with Crippen LogP contribution in [0.25, 0.3) is 0 Å². The quantitative estimate of drug-likeness (QED) is 0.705. The maximum absolute atomic E-state index is 12.3. The molecule has 1 saturated carbocycles. The molecule has 160 valence electrons. The summed E-state index contributed by atoms with van der Waals surface area (Å²) in [4.78, 5) is 14.6. The topological polar surface area (TPSA) is 61.8 Å². The molecule has 2 aliphatic rings. The Bertz CT molecular complexity index is 751. The Kier molecular flexibility index (Phi) is 7.16. The molecule has 2 aromatic carbocycles. The van der Waals surface area contributed by atoms with Crippen molar-refractivity contribution < 1.29 is 14.6 Å². The highest BCUT2D eigenvalue weighted by atomic mass is 16.5. The van der Waals surface area contributed by atoms with Gasteiger partial charge in [-0.2, -0.15) is 0 Å². The van der Waals surface area contributed by atoms with Crippen LogP contribution in [0.5, 0.6) is 0 Å². The van der Waals surface area contributed by atoms with Crippen molar-refractivity contribution in [2.24, 2.45) is 5.92 Å². The lowest BCUT2D eigenvalue weighted by Gasteiger charge is -2.31. The number of hydrogen-bond donors (Lipinski definition) is 2. The zero-order valence-corrected chi connectivity index (χ0v) is 17.5. The SMILES string of the molecule is O=C(NC[C@H]1OC[C@@H](N(Cc2ccccc2)Cc2ccccc2)[C@@H]1O)C1CCCC1. The van der Waals surface area contributed by atoms with Gasteiger partial charge in [0.15, 0.2) is 0 Å². The molecule has 1 amide bonds. The number of nitrogens with one attached hydrogen (secondary N) is 1. The van der Waals surface area contributed by atoms with Gasteiger partial charge in [-0.25, -0.2) is 0 Å². The zero-order valence-electron chi connectivity index (χ0n) is 17.5. The lowest BCUT2D eigenvalue weighted by atomic mass is 10.0.